The van der Waals surface area contributed by atoms with Crippen molar-refractivity contribution in [2.45, 2.75) is 19.0 Å². The molecule has 1 aliphatic heterocycles. The predicted octanol–water partition coefficient (Wildman–Crippen LogP) is 5.79. The summed E-state index contributed by atoms with van der Waals surface area (Å²) in [7, 11) is 0. The van der Waals surface area contributed by atoms with E-state index < -0.39 is 11.7 Å². The summed E-state index contributed by atoms with van der Waals surface area (Å²) in [6.45, 7) is 1.79. The van der Waals surface area contributed by atoms with Crippen LogP contribution in [0.25, 0.3) is 11.1 Å². The van der Waals surface area contributed by atoms with Gasteiger partial charge < -0.3 is 20.6 Å². The van der Waals surface area contributed by atoms with Crippen LogP contribution in [0.2, 0.25) is 0 Å². The van der Waals surface area contributed by atoms with Gasteiger partial charge in [-0.2, -0.15) is 13.2 Å². The van der Waals surface area contributed by atoms with Crippen molar-refractivity contribution in [3.8, 4) is 11.1 Å². The van der Waals surface area contributed by atoms with Gasteiger partial charge in [-0.05, 0) is 79.0 Å². The van der Waals surface area contributed by atoms with Crippen LogP contribution in [0.1, 0.15) is 18.4 Å². The van der Waals surface area contributed by atoms with E-state index in [1.165, 1.54) is 12.1 Å². The van der Waals surface area contributed by atoms with Crippen molar-refractivity contribution >= 4 is 34.4 Å². The summed E-state index contributed by atoms with van der Waals surface area (Å²) in [5.41, 5.74) is 3.51. The molecule has 2 heterocycles. The molecular weight excluding hydrogens is 461 g/mol. The molecule has 0 radical (unpaired) electrons. The van der Waals surface area contributed by atoms with Gasteiger partial charge in [-0.15, -0.1) is 0 Å². The molecule has 1 saturated heterocycles. The third-order valence-corrected chi connectivity index (χ3v) is 6.13. The molecule has 0 unspecified atom stereocenters. The van der Waals surface area contributed by atoms with Crippen LogP contribution < -0.4 is 15.5 Å². The van der Waals surface area contributed by atoms with Gasteiger partial charge in [0.25, 0.3) is 0 Å². The molecule has 0 amide bonds. The van der Waals surface area contributed by atoms with Crippen molar-refractivity contribution in [3.63, 3.8) is 0 Å². The van der Waals surface area contributed by atoms with E-state index in [0.717, 1.165) is 60.6 Å². The number of benzene rings is 2. The number of rotatable bonds is 5. The number of piperidine rings is 1. The zero-order valence-electron chi connectivity index (χ0n) is 18.3. The maximum Gasteiger partial charge on any atom is 0.416 e. The first kappa shape index (κ1) is 24.0. The molecule has 3 N–H and O–H groups in total. The van der Waals surface area contributed by atoms with Gasteiger partial charge >= 0.3 is 6.18 Å². The van der Waals surface area contributed by atoms with Crippen LogP contribution in [0, 0.1) is 5.92 Å². The summed E-state index contributed by atoms with van der Waals surface area (Å²) in [4.78, 5) is 6.46. The smallest absolute Gasteiger partial charge is 0.396 e. The minimum Gasteiger partial charge on any atom is -0.396 e. The molecule has 5 nitrogen and oxygen atoms in total. The Morgan fingerprint density at radius 3 is 2.38 bits per heavy atom. The molecule has 0 saturated carbocycles. The molecule has 0 bridgehead atoms. The van der Waals surface area contributed by atoms with Crippen LogP contribution in [-0.2, 0) is 6.18 Å². The van der Waals surface area contributed by atoms with Gasteiger partial charge in [0.05, 0.1) is 16.9 Å². The standard InChI is InChI=1S/C25H25F3N4OS/c26-25(27,28)20-4-6-21(7-5-20)30-24(34)31-22-8-3-18(19-2-1-11-29-15-19)14-23(22)32-12-9-17(16-33)10-13-32/h1-8,11,14-15,17,33H,9-10,12-13,16H2,(H2,30,31,34). The first-order valence-electron chi connectivity index (χ1n) is 11.0. The van der Waals surface area contributed by atoms with E-state index in [-0.39, 0.29) is 11.7 Å². The Kier molecular flexibility index (Phi) is 7.33. The van der Waals surface area contributed by atoms with Crippen molar-refractivity contribution in [1.82, 2.24) is 4.98 Å². The number of nitrogens with zero attached hydrogens (tertiary/aromatic N) is 2. The maximum absolute atomic E-state index is 12.8. The van der Waals surface area contributed by atoms with Gasteiger partial charge in [0.15, 0.2) is 5.11 Å². The molecule has 178 valence electrons. The lowest BCUT2D eigenvalue weighted by Crippen LogP contribution is -2.35. The number of pyridine rings is 1. The molecule has 0 aliphatic carbocycles. The number of hydrogen-bond donors (Lipinski definition) is 3. The van der Waals surface area contributed by atoms with Crippen molar-refractivity contribution in [2.75, 3.05) is 35.2 Å². The fourth-order valence-corrected chi connectivity index (χ4v) is 4.22. The summed E-state index contributed by atoms with van der Waals surface area (Å²) < 4.78 is 38.4. The minimum absolute atomic E-state index is 0.190. The van der Waals surface area contributed by atoms with Gasteiger partial charge in [0, 0.05) is 43.3 Å². The lowest BCUT2D eigenvalue weighted by Gasteiger charge is -2.34. The second-order valence-electron chi connectivity index (χ2n) is 8.24. The van der Waals surface area contributed by atoms with Gasteiger partial charge in [-0.1, -0.05) is 12.1 Å². The highest BCUT2D eigenvalue weighted by Gasteiger charge is 2.30. The van der Waals surface area contributed by atoms with Gasteiger partial charge in [0.2, 0.25) is 0 Å². The largest absolute Gasteiger partial charge is 0.416 e. The van der Waals surface area contributed by atoms with Crippen LogP contribution in [0.15, 0.2) is 67.0 Å². The average Bonchev–Trinajstić information content (AvgIpc) is 2.84. The third-order valence-electron chi connectivity index (χ3n) is 5.92. The number of hydrogen-bond acceptors (Lipinski definition) is 4. The highest BCUT2D eigenvalue weighted by molar-refractivity contribution is 7.80. The second-order valence-corrected chi connectivity index (χ2v) is 8.65. The van der Waals surface area contributed by atoms with Crippen LogP contribution >= 0.6 is 12.2 Å². The minimum atomic E-state index is -4.38. The zero-order valence-corrected chi connectivity index (χ0v) is 19.2. The number of alkyl halides is 3. The second kappa shape index (κ2) is 10.4. The SMILES string of the molecule is OCC1CCN(c2cc(-c3cccnc3)ccc2NC(=S)Nc2ccc(C(F)(F)F)cc2)CC1. The molecule has 0 atom stereocenters. The summed E-state index contributed by atoms with van der Waals surface area (Å²) in [5.74, 6) is 0.302. The Hall–Kier alpha value is -3.17. The van der Waals surface area contributed by atoms with Gasteiger partial charge in [-0.3, -0.25) is 4.98 Å². The van der Waals surface area contributed by atoms with E-state index in [9.17, 15) is 18.3 Å². The van der Waals surface area contributed by atoms with Crippen LogP contribution in [-0.4, -0.2) is 34.9 Å². The van der Waals surface area contributed by atoms with Crippen LogP contribution in [0.4, 0.5) is 30.2 Å². The van der Waals surface area contributed by atoms with E-state index in [2.05, 4.69) is 26.6 Å². The third kappa shape index (κ3) is 5.84. The van der Waals surface area contributed by atoms with Crippen molar-refractivity contribution < 1.29 is 18.3 Å². The topological polar surface area (TPSA) is 60.4 Å². The number of nitrogens with one attached hydrogen (secondary N) is 2. The Balaban J connectivity index is 1.54. The molecule has 1 fully saturated rings. The normalized spacial score (nSPS) is 14.6. The number of aliphatic hydroxyl groups excluding tert-OH is 1. The molecule has 4 rings (SSSR count). The van der Waals surface area contributed by atoms with Crippen molar-refractivity contribution in [2.24, 2.45) is 5.92 Å². The summed E-state index contributed by atoms with van der Waals surface area (Å²) >= 11 is 5.44. The highest BCUT2D eigenvalue weighted by atomic mass is 32.1. The van der Waals surface area contributed by atoms with E-state index >= 15 is 0 Å². The van der Waals surface area contributed by atoms with E-state index in [1.807, 2.05) is 24.3 Å². The Labute approximate surface area is 201 Å². The summed E-state index contributed by atoms with van der Waals surface area (Å²) in [6.07, 6.45) is 0.931. The average molecular weight is 487 g/mol. The van der Waals surface area contributed by atoms with Crippen LogP contribution in [0.5, 0.6) is 0 Å². The number of halogens is 3. The van der Waals surface area contributed by atoms with E-state index in [0.29, 0.717) is 11.6 Å². The molecule has 1 aliphatic rings. The van der Waals surface area contributed by atoms with Gasteiger partial charge in [-0.25, -0.2) is 0 Å². The molecular formula is C25H25F3N4OS. The lowest BCUT2D eigenvalue weighted by molar-refractivity contribution is -0.137. The summed E-state index contributed by atoms with van der Waals surface area (Å²) in [5, 5.41) is 15.9. The molecule has 2 aromatic carbocycles. The van der Waals surface area contributed by atoms with E-state index in [1.54, 1.807) is 12.4 Å². The number of aromatic nitrogens is 1. The fraction of sp³-hybridized carbons (Fsp3) is 0.280. The molecule has 9 heteroatoms. The number of thiocarbonyl (C=S) groups is 1. The first-order valence-corrected chi connectivity index (χ1v) is 11.4. The lowest BCUT2D eigenvalue weighted by atomic mass is 9.96. The first-order chi connectivity index (χ1) is 16.3. The molecule has 34 heavy (non-hydrogen) atoms. The van der Waals surface area contributed by atoms with Crippen molar-refractivity contribution in [1.29, 1.82) is 0 Å². The number of anilines is 3. The predicted molar refractivity (Wildman–Crippen MR) is 133 cm³/mol. The Morgan fingerprint density at radius 1 is 1.03 bits per heavy atom. The molecule has 3 aromatic rings. The van der Waals surface area contributed by atoms with Gasteiger partial charge in [0.1, 0.15) is 0 Å². The number of aliphatic hydroxyl groups is 1. The van der Waals surface area contributed by atoms with E-state index in [4.69, 9.17) is 12.2 Å². The monoisotopic (exact) mass is 486 g/mol. The molecule has 0 spiro atoms. The fourth-order valence-electron chi connectivity index (χ4n) is 4.00. The maximum atomic E-state index is 12.8. The zero-order chi connectivity index (χ0) is 24.1. The quantitative estimate of drug-likeness (QED) is 0.397. The van der Waals surface area contributed by atoms with Crippen molar-refractivity contribution in [3.05, 3.63) is 72.6 Å². The van der Waals surface area contributed by atoms with Crippen LogP contribution in [0.3, 0.4) is 0 Å². The Morgan fingerprint density at radius 2 is 1.76 bits per heavy atom. The molecule has 1 aromatic heterocycles. The summed E-state index contributed by atoms with van der Waals surface area (Å²) in [6, 6.07) is 14.6. The highest BCUT2D eigenvalue weighted by Crippen LogP contribution is 2.34. The Bertz CT molecular complexity index is 1120.